The van der Waals surface area contributed by atoms with E-state index in [1.165, 1.54) is 30.4 Å². The lowest BCUT2D eigenvalue weighted by Crippen LogP contribution is -2.00. The number of anilines is 1. The Morgan fingerprint density at radius 2 is 1.95 bits per heavy atom. The number of hydrogen-bond acceptors (Lipinski definition) is 3. The molecule has 0 saturated heterocycles. The lowest BCUT2D eigenvalue weighted by atomic mass is 10.1. The quantitative estimate of drug-likeness (QED) is 0.923. The number of nitrogens with one attached hydrogen (secondary N) is 1. The maximum atomic E-state index is 6.20. The Kier molecular flexibility index (Phi) is 3.15. The highest BCUT2D eigenvalue weighted by Gasteiger charge is 2.18. The predicted molar refractivity (Wildman–Crippen MR) is 83.4 cm³/mol. The summed E-state index contributed by atoms with van der Waals surface area (Å²) < 4.78 is 10.7. The van der Waals surface area contributed by atoms with E-state index in [4.69, 9.17) is 21.1 Å². The average Bonchev–Trinajstić information content (AvgIpc) is 3.13. The minimum Gasteiger partial charge on any atom is -0.454 e. The van der Waals surface area contributed by atoms with Crippen LogP contribution in [-0.4, -0.2) is 6.79 Å². The molecule has 1 aliphatic heterocycles. The number of fused-ring (bicyclic) bond motifs is 2. The van der Waals surface area contributed by atoms with Crippen molar-refractivity contribution in [2.75, 3.05) is 12.1 Å². The zero-order valence-electron chi connectivity index (χ0n) is 11.6. The molecular weight excluding hydrogens is 286 g/mol. The molecule has 1 aliphatic carbocycles. The zero-order valence-corrected chi connectivity index (χ0v) is 12.4. The fraction of sp³-hybridized carbons (Fsp3) is 0.294. The number of halogens is 1. The van der Waals surface area contributed by atoms with E-state index in [2.05, 4.69) is 23.5 Å². The molecule has 3 nitrogen and oxygen atoms in total. The summed E-state index contributed by atoms with van der Waals surface area (Å²) in [5.74, 6) is 1.38. The minimum atomic E-state index is 0.247. The summed E-state index contributed by atoms with van der Waals surface area (Å²) in [6.07, 6.45) is 3.69. The van der Waals surface area contributed by atoms with Crippen molar-refractivity contribution in [3.8, 4) is 11.5 Å². The van der Waals surface area contributed by atoms with Gasteiger partial charge in [-0.1, -0.05) is 17.7 Å². The Bertz CT molecular complexity index is 699. The number of benzene rings is 2. The first-order chi connectivity index (χ1) is 10.3. The van der Waals surface area contributed by atoms with Crippen LogP contribution in [-0.2, 0) is 19.4 Å². The van der Waals surface area contributed by atoms with Crippen molar-refractivity contribution in [3.05, 3.63) is 52.0 Å². The van der Waals surface area contributed by atoms with Crippen LogP contribution < -0.4 is 14.8 Å². The molecule has 1 N–H and O–H groups in total. The first-order valence-corrected chi connectivity index (χ1v) is 7.61. The first-order valence-electron chi connectivity index (χ1n) is 7.23. The van der Waals surface area contributed by atoms with Gasteiger partial charge in [-0.05, 0) is 60.2 Å². The van der Waals surface area contributed by atoms with Crippen LogP contribution in [0.25, 0.3) is 0 Å². The Labute approximate surface area is 128 Å². The topological polar surface area (TPSA) is 30.5 Å². The van der Waals surface area contributed by atoms with Crippen molar-refractivity contribution in [3.63, 3.8) is 0 Å². The van der Waals surface area contributed by atoms with Gasteiger partial charge in [0.25, 0.3) is 0 Å². The molecule has 2 aliphatic rings. The van der Waals surface area contributed by atoms with Crippen molar-refractivity contribution in [2.24, 2.45) is 0 Å². The summed E-state index contributed by atoms with van der Waals surface area (Å²) in [4.78, 5) is 0. The first kappa shape index (κ1) is 12.8. The molecule has 0 unspecified atom stereocenters. The molecule has 0 aromatic heterocycles. The number of rotatable bonds is 3. The predicted octanol–water partition coefficient (Wildman–Crippen LogP) is 4.17. The summed E-state index contributed by atoms with van der Waals surface area (Å²) in [7, 11) is 0. The Morgan fingerprint density at radius 1 is 1.05 bits per heavy atom. The number of ether oxygens (including phenoxy) is 2. The van der Waals surface area contributed by atoms with Gasteiger partial charge in [-0.25, -0.2) is 0 Å². The van der Waals surface area contributed by atoms with E-state index < -0.39 is 0 Å². The maximum Gasteiger partial charge on any atom is 0.231 e. The highest BCUT2D eigenvalue weighted by Crippen LogP contribution is 2.39. The number of aryl methyl sites for hydroxylation is 2. The molecule has 4 rings (SSSR count). The molecule has 0 spiro atoms. The van der Waals surface area contributed by atoms with Gasteiger partial charge in [-0.3, -0.25) is 0 Å². The number of hydrogen-bond donors (Lipinski definition) is 1. The monoisotopic (exact) mass is 301 g/mol. The lowest BCUT2D eigenvalue weighted by Gasteiger charge is -2.10. The normalized spacial score (nSPS) is 15.1. The van der Waals surface area contributed by atoms with E-state index in [1.807, 2.05) is 12.1 Å². The van der Waals surface area contributed by atoms with Gasteiger partial charge in [0.1, 0.15) is 0 Å². The lowest BCUT2D eigenvalue weighted by molar-refractivity contribution is 0.174. The van der Waals surface area contributed by atoms with Gasteiger partial charge in [0.2, 0.25) is 6.79 Å². The van der Waals surface area contributed by atoms with Gasteiger partial charge in [0.05, 0.1) is 5.02 Å². The standard InChI is InChI=1S/C17H16ClNO2/c18-15-6-11(7-16-17(15)21-10-20-16)9-19-14-5-4-12-2-1-3-13(12)8-14/h4-8,19H,1-3,9-10H2. The molecule has 0 bridgehead atoms. The molecule has 2 aromatic rings. The second-order valence-corrected chi connectivity index (χ2v) is 5.91. The summed E-state index contributed by atoms with van der Waals surface area (Å²) in [5.41, 5.74) is 5.21. The largest absolute Gasteiger partial charge is 0.454 e. The smallest absolute Gasteiger partial charge is 0.231 e. The second-order valence-electron chi connectivity index (χ2n) is 5.50. The molecule has 0 amide bonds. The van der Waals surface area contributed by atoms with Crippen LogP contribution in [0.15, 0.2) is 30.3 Å². The van der Waals surface area contributed by atoms with Crippen molar-refractivity contribution in [1.29, 1.82) is 0 Å². The van der Waals surface area contributed by atoms with Gasteiger partial charge < -0.3 is 14.8 Å². The molecule has 108 valence electrons. The van der Waals surface area contributed by atoms with Crippen LogP contribution >= 0.6 is 11.6 Å². The minimum absolute atomic E-state index is 0.247. The van der Waals surface area contributed by atoms with E-state index in [9.17, 15) is 0 Å². The highest BCUT2D eigenvalue weighted by atomic mass is 35.5. The van der Waals surface area contributed by atoms with Gasteiger partial charge in [-0.2, -0.15) is 0 Å². The van der Waals surface area contributed by atoms with E-state index in [-0.39, 0.29) is 6.79 Å². The summed E-state index contributed by atoms with van der Waals surface area (Å²) in [6.45, 7) is 0.964. The SMILES string of the molecule is Clc1cc(CNc2ccc3c(c2)CCC3)cc2c1OCO2. The van der Waals surface area contributed by atoms with E-state index >= 15 is 0 Å². The van der Waals surface area contributed by atoms with Crippen LogP contribution in [0.3, 0.4) is 0 Å². The molecule has 21 heavy (non-hydrogen) atoms. The van der Waals surface area contributed by atoms with Gasteiger partial charge >= 0.3 is 0 Å². The van der Waals surface area contributed by atoms with Crippen LogP contribution in [0.4, 0.5) is 5.69 Å². The van der Waals surface area contributed by atoms with Gasteiger partial charge in [-0.15, -0.1) is 0 Å². The van der Waals surface area contributed by atoms with Crippen LogP contribution in [0.5, 0.6) is 11.5 Å². The molecule has 2 aromatic carbocycles. The van der Waals surface area contributed by atoms with E-state index in [0.29, 0.717) is 10.8 Å². The Morgan fingerprint density at radius 3 is 2.90 bits per heavy atom. The third-order valence-electron chi connectivity index (χ3n) is 4.08. The van der Waals surface area contributed by atoms with Crippen molar-refractivity contribution in [2.45, 2.75) is 25.8 Å². The van der Waals surface area contributed by atoms with Crippen LogP contribution in [0.2, 0.25) is 5.02 Å². The third kappa shape index (κ3) is 2.42. The van der Waals surface area contributed by atoms with Crippen LogP contribution in [0, 0.1) is 0 Å². The van der Waals surface area contributed by atoms with E-state index in [1.54, 1.807) is 0 Å². The third-order valence-corrected chi connectivity index (χ3v) is 4.36. The summed E-state index contributed by atoms with van der Waals surface area (Å²) >= 11 is 6.20. The van der Waals surface area contributed by atoms with E-state index in [0.717, 1.165) is 23.5 Å². The summed E-state index contributed by atoms with van der Waals surface area (Å²) in [5, 5.41) is 4.06. The molecule has 4 heteroatoms. The molecule has 0 fully saturated rings. The van der Waals surface area contributed by atoms with Crippen molar-refractivity contribution in [1.82, 2.24) is 0 Å². The zero-order chi connectivity index (χ0) is 14.2. The fourth-order valence-electron chi connectivity index (χ4n) is 3.01. The molecule has 0 atom stereocenters. The van der Waals surface area contributed by atoms with Gasteiger partial charge in [0, 0.05) is 12.2 Å². The maximum absolute atomic E-state index is 6.20. The Hall–Kier alpha value is -1.87. The molecule has 0 radical (unpaired) electrons. The van der Waals surface area contributed by atoms with Crippen molar-refractivity contribution < 1.29 is 9.47 Å². The second kappa shape index (κ2) is 5.15. The average molecular weight is 302 g/mol. The van der Waals surface area contributed by atoms with Crippen LogP contribution in [0.1, 0.15) is 23.1 Å². The molecule has 0 saturated carbocycles. The highest BCUT2D eigenvalue weighted by molar-refractivity contribution is 6.32. The fourth-order valence-corrected chi connectivity index (χ4v) is 3.30. The van der Waals surface area contributed by atoms with Gasteiger partial charge in [0.15, 0.2) is 11.5 Å². The molecule has 1 heterocycles. The summed E-state index contributed by atoms with van der Waals surface area (Å²) in [6, 6.07) is 10.6. The Balaban J connectivity index is 1.51. The molecular formula is C17H16ClNO2. The van der Waals surface area contributed by atoms with Crippen molar-refractivity contribution >= 4 is 17.3 Å².